The van der Waals surface area contributed by atoms with E-state index in [-0.39, 0.29) is 0 Å². The quantitative estimate of drug-likeness (QED) is 0.522. The zero-order chi connectivity index (χ0) is 11.1. The number of allylic oxidation sites excluding steroid dienone is 1. The fourth-order valence-electron chi connectivity index (χ4n) is 1.30. The van der Waals surface area contributed by atoms with Gasteiger partial charge in [0, 0.05) is 19.6 Å². The van der Waals surface area contributed by atoms with Crippen LogP contribution in [0, 0.1) is 11.5 Å². The van der Waals surface area contributed by atoms with Crippen molar-refractivity contribution < 1.29 is 4.74 Å². The Bertz CT molecular complexity index is 264. The molecule has 0 aliphatic carbocycles. The van der Waals surface area contributed by atoms with Crippen molar-refractivity contribution in [1.82, 2.24) is 4.90 Å². The van der Waals surface area contributed by atoms with Crippen LogP contribution in [-0.4, -0.2) is 45.8 Å². The second-order valence-corrected chi connectivity index (χ2v) is 9.58. The Kier molecular flexibility index (Phi) is 5.10. The van der Waals surface area contributed by atoms with E-state index in [0.29, 0.717) is 0 Å². The molecule has 0 bridgehead atoms. The highest BCUT2D eigenvalue weighted by Gasteiger charge is 2.08. The normalized spacial score (nSPS) is 18.9. The van der Waals surface area contributed by atoms with Crippen molar-refractivity contribution in [1.29, 1.82) is 0 Å². The minimum Gasteiger partial charge on any atom is -0.379 e. The van der Waals surface area contributed by atoms with Gasteiger partial charge in [0.1, 0.15) is 8.07 Å². The summed E-state index contributed by atoms with van der Waals surface area (Å²) < 4.78 is 5.28. The third-order valence-corrected chi connectivity index (χ3v) is 3.01. The van der Waals surface area contributed by atoms with Crippen LogP contribution in [0.1, 0.15) is 0 Å². The topological polar surface area (TPSA) is 12.5 Å². The summed E-state index contributed by atoms with van der Waals surface area (Å²) in [5.41, 5.74) is 3.32. The van der Waals surface area contributed by atoms with Gasteiger partial charge in [-0.3, -0.25) is 4.90 Å². The summed E-state index contributed by atoms with van der Waals surface area (Å²) in [6.45, 7) is 11.6. The van der Waals surface area contributed by atoms with Gasteiger partial charge in [0.25, 0.3) is 0 Å². The standard InChI is InChI=1S/C12H21NOSi/c1-15(2,3)12-6-4-5-7-13-8-10-14-11-9-13/h4-5H,7-11H2,1-3H3/b5-4-. The largest absolute Gasteiger partial charge is 0.379 e. The Morgan fingerprint density at radius 1 is 1.27 bits per heavy atom. The number of nitrogens with zero attached hydrogens (tertiary/aromatic N) is 1. The van der Waals surface area contributed by atoms with Crippen LogP contribution in [0.25, 0.3) is 0 Å². The molecule has 0 radical (unpaired) electrons. The van der Waals surface area contributed by atoms with Crippen molar-refractivity contribution in [2.24, 2.45) is 0 Å². The van der Waals surface area contributed by atoms with Crippen molar-refractivity contribution in [3.63, 3.8) is 0 Å². The molecule has 0 amide bonds. The van der Waals surface area contributed by atoms with Crippen LogP contribution in [0.3, 0.4) is 0 Å². The molecule has 15 heavy (non-hydrogen) atoms. The molecule has 84 valence electrons. The molecule has 0 aromatic heterocycles. The maximum Gasteiger partial charge on any atom is 0.129 e. The Morgan fingerprint density at radius 3 is 2.53 bits per heavy atom. The zero-order valence-corrected chi connectivity index (χ0v) is 11.0. The van der Waals surface area contributed by atoms with Gasteiger partial charge in [-0.05, 0) is 6.08 Å². The predicted molar refractivity (Wildman–Crippen MR) is 67.5 cm³/mol. The average Bonchev–Trinajstić information content (AvgIpc) is 2.17. The summed E-state index contributed by atoms with van der Waals surface area (Å²) >= 11 is 0. The predicted octanol–water partition coefficient (Wildman–Crippen LogP) is 1.76. The van der Waals surface area contributed by atoms with Crippen molar-refractivity contribution in [3.8, 4) is 11.5 Å². The molecule has 1 fully saturated rings. The van der Waals surface area contributed by atoms with Gasteiger partial charge in [0.2, 0.25) is 0 Å². The van der Waals surface area contributed by atoms with E-state index in [0.717, 1.165) is 32.8 Å². The van der Waals surface area contributed by atoms with Gasteiger partial charge < -0.3 is 4.74 Å². The molecule has 0 spiro atoms. The summed E-state index contributed by atoms with van der Waals surface area (Å²) in [4.78, 5) is 2.39. The summed E-state index contributed by atoms with van der Waals surface area (Å²) in [5.74, 6) is 3.14. The van der Waals surface area contributed by atoms with Crippen molar-refractivity contribution >= 4 is 8.07 Å². The maximum atomic E-state index is 5.28. The molecule has 3 heteroatoms. The highest BCUT2D eigenvalue weighted by Crippen LogP contribution is 1.97. The second-order valence-electron chi connectivity index (χ2n) is 4.83. The minimum absolute atomic E-state index is 0.869. The Morgan fingerprint density at radius 2 is 1.93 bits per heavy atom. The first-order valence-corrected chi connectivity index (χ1v) is 9.06. The van der Waals surface area contributed by atoms with Crippen LogP contribution in [-0.2, 0) is 4.74 Å². The molecule has 0 saturated carbocycles. The van der Waals surface area contributed by atoms with Gasteiger partial charge in [-0.25, -0.2) is 0 Å². The van der Waals surface area contributed by atoms with Crippen LogP contribution >= 0.6 is 0 Å². The lowest BCUT2D eigenvalue weighted by Crippen LogP contribution is -2.36. The van der Waals surface area contributed by atoms with Crippen LogP contribution in [0.15, 0.2) is 12.2 Å². The molecule has 2 nitrogen and oxygen atoms in total. The van der Waals surface area contributed by atoms with Gasteiger partial charge in [-0.1, -0.05) is 31.6 Å². The van der Waals surface area contributed by atoms with Crippen LogP contribution in [0.5, 0.6) is 0 Å². The molecule has 0 aromatic rings. The lowest BCUT2D eigenvalue weighted by molar-refractivity contribution is 0.0434. The average molecular weight is 223 g/mol. The van der Waals surface area contributed by atoms with Gasteiger partial charge >= 0.3 is 0 Å². The van der Waals surface area contributed by atoms with E-state index in [4.69, 9.17) is 4.74 Å². The third kappa shape index (κ3) is 6.51. The number of ether oxygens (including phenoxy) is 1. The van der Waals surface area contributed by atoms with E-state index in [2.05, 4.69) is 42.1 Å². The third-order valence-electron chi connectivity index (χ3n) is 2.12. The molecule has 0 atom stereocenters. The SMILES string of the molecule is C[Si](C)(C)C#C/C=C\CN1CCOCC1. The van der Waals surface area contributed by atoms with Crippen LogP contribution in [0.2, 0.25) is 19.6 Å². The van der Waals surface area contributed by atoms with E-state index in [9.17, 15) is 0 Å². The van der Waals surface area contributed by atoms with Gasteiger partial charge in [0.15, 0.2) is 0 Å². The number of hydrogen-bond donors (Lipinski definition) is 0. The first kappa shape index (κ1) is 12.5. The summed E-state index contributed by atoms with van der Waals surface area (Å²) in [5, 5.41) is 0. The molecule has 1 aliphatic heterocycles. The number of rotatable bonds is 2. The fraction of sp³-hybridized carbons (Fsp3) is 0.667. The Labute approximate surface area is 94.3 Å². The van der Waals surface area contributed by atoms with E-state index in [1.807, 2.05) is 6.08 Å². The Hall–Kier alpha value is -0.563. The zero-order valence-electron chi connectivity index (χ0n) is 10.0. The van der Waals surface area contributed by atoms with E-state index in [1.54, 1.807) is 0 Å². The summed E-state index contributed by atoms with van der Waals surface area (Å²) in [7, 11) is -1.19. The van der Waals surface area contributed by atoms with Crippen LogP contribution < -0.4 is 0 Å². The van der Waals surface area contributed by atoms with Crippen LogP contribution in [0.4, 0.5) is 0 Å². The summed E-state index contributed by atoms with van der Waals surface area (Å²) in [6.07, 6.45) is 4.15. The van der Waals surface area contributed by atoms with Crippen molar-refractivity contribution in [2.45, 2.75) is 19.6 Å². The van der Waals surface area contributed by atoms with Gasteiger partial charge in [0.05, 0.1) is 13.2 Å². The highest BCUT2D eigenvalue weighted by atomic mass is 28.3. The first-order valence-electron chi connectivity index (χ1n) is 5.56. The van der Waals surface area contributed by atoms with Gasteiger partial charge in [-0.2, -0.15) is 0 Å². The van der Waals surface area contributed by atoms with Crippen molar-refractivity contribution in [2.75, 3.05) is 32.8 Å². The minimum atomic E-state index is -1.19. The smallest absolute Gasteiger partial charge is 0.129 e. The molecule has 0 aromatic carbocycles. The lowest BCUT2D eigenvalue weighted by atomic mass is 10.4. The maximum absolute atomic E-state index is 5.28. The van der Waals surface area contributed by atoms with E-state index >= 15 is 0 Å². The number of morpholine rings is 1. The molecule has 1 rings (SSSR count). The van der Waals surface area contributed by atoms with E-state index < -0.39 is 8.07 Å². The molecule has 0 N–H and O–H groups in total. The number of hydrogen-bond acceptors (Lipinski definition) is 2. The molecular formula is C12H21NOSi. The molecule has 1 heterocycles. The molecule has 1 aliphatic rings. The monoisotopic (exact) mass is 223 g/mol. The molecule has 0 unspecified atom stereocenters. The lowest BCUT2D eigenvalue weighted by Gasteiger charge is -2.24. The first-order chi connectivity index (χ1) is 7.08. The fourth-order valence-corrected chi connectivity index (χ4v) is 1.82. The van der Waals surface area contributed by atoms with Gasteiger partial charge in [-0.15, -0.1) is 5.54 Å². The second kappa shape index (κ2) is 6.11. The highest BCUT2D eigenvalue weighted by molar-refractivity contribution is 6.83. The summed E-state index contributed by atoms with van der Waals surface area (Å²) in [6, 6.07) is 0. The molecular weight excluding hydrogens is 202 g/mol. The Balaban J connectivity index is 2.23. The van der Waals surface area contributed by atoms with E-state index in [1.165, 1.54) is 0 Å². The van der Waals surface area contributed by atoms with Crippen molar-refractivity contribution in [3.05, 3.63) is 12.2 Å². The molecule has 1 saturated heterocycles.